The van der Waals surface area contributed by atoms with Crippen LogP contribution in [0.1, 0.15) is 12.6 Å². The number of nitro benzene ring substituents is 1. The number of ether oxygens (including phenoxy) is 1. The standard InChI is InChI=1S/C13H17N2O14P3.4Li/c16-11-6-13(14-4-3-8-5-9(15(17)18)1-2-10(8)14)27-12(11)7-26-31(22,23)29-32(24,25)28-30(19,20)21;;;;/h1-5,11-13,16H,6-7H2,(H,22,23)(H,24,25)(H2,19,20,21);;;;/q;4*+1/p-4. The van der Waals surface area contributed by atoms with Gasteiger partial charge < -0.3 is 43.1 Å². The summed E-state index contributed by atoms with van der Waals surface area (Å²) in [7, 11) is -17.9. The van der Waals surface area contributed by atoms with Crippen LogP contribution in [0.25, 0.3) is 10.9 Å². The first-order valence-corrected chi connectivity index (χ1v) is 12.8. The molecule has 178 valence electrons. The van der Waals surface area contributed by atoms with Gasteiger partial charge in [0.05, 0.1) is 31.0 Å². The number of nitro groups is 1. The third-order valence-corrected chi connectivity index (χ3v) is 7.89. The van der Waals surface area contributed by atoms with E-state index in [4.69, 9.17) is 4.74 Å². The molecule has 5 atom stereocenters. The summed E-state index contributed by atoms with van der Waals surface area (Å²) in [5.41, 5.74) is 0.390. The number of non-ortho nitro benzene ring substituents is 1. The van der Waals surface area contributed by atoms with Crippen molar-refractivity contribution in [3.05, 3.63) is 40.6 Å². The third kappa shape index (κ3) is 10.8. The maximum absolute atomic E-state index is 11.6. The zero-order valence-corrected chi connectivity index (χ0v) is 22.2. The number of benzene rings is 1. The molecule has 0 bridgehead atoms. The van der Waals surface area contributed by atoms with Crippen LogP contribution in [0.5, 0.6) is 0 Å². The minimum atomic E-state index is -6.11. The molecule has 5 unspecified atom stereocenters. The van der Waals surface area contributed by atoms with Gasteiger partial charge in [-0.3, -0.25) is 23.6 Å². The molecule has 1 fully saturated rings. The average Bonchev–Trinajstić information content (AvgIpc) is 3.19. The van der Waals surface area contributed by atoms with Crippen LogP contribution in [0.3, 0.4) is 0 Å². The molecule has 0 spiro atoms. The van der Waals surface area contributed by atoms with Gasteiger partial charge in [0, 0.05) is 30.1 Å². The van der Waals surface area contributed by atoms with Crippen LogP contribution in [0, 0.1) is 10.1 Å². The number of aliphatic hydroxyl groups is 1. The normalized spacial score (nSPS) is 22.6. The van der Waals surface area contributed by atoms with E-state index in [1.54, 1.807) is 6.07 Å². The van der Waals surface area contributed by atoms with Crippen molar-refractivity contribution in [2.24, 2.45) is 0 Å². The topological polar surface area (TPSA) is 249 Å². The molecule has 1 aromatic carbocycles. The fraction of sp³-hybridized carbons (Fsp3) is 0.385. The van der Waals surface area contributed by atoms with Crippen LogP contribution < -0.4 is 95.0 Å². The number of hydrogen-bond acceptors (Lipinski definition) is 14. The maximum atomic E-state index is 11.6. The molecule has 2 aromatic rings. The van der Waals surface area contributed by atoms with E-state index in [0.717, 1.165) is 0 Å². The smallest absolute Gasteiger partial charge is 0.790 e. The second-order valence-corrected chi connectivity index (χ2v) is 10.7. The summed E-state index contributed by atoms with van der Waals surface area (Å²) in [5.74, 6) is 0. The van der Waals surface area contributed by atoms with Crippen LogP contribution in [0.4, 0.5) is 5.69 Å². The summed E-state index contributed by atoms with van der Waals surface area (Å²) in [5, 5.41) is 21.5. The second-order valence-electron chi connectivity index (χ2n) is 6.46. The molecule has 0 radical (unpaired) electrons. The first kappa shape index (κ1) is 39.0. The first-order valence-electron chi connectivity index (χ1n) is 8.46. The van der Waals surface area contributed by atoms with Gasteiger partial charge in [-0.05, 0) is 12.1 Å². The van der Waals surface area contributed by atoms with Crippen molar-refractivity contribution in [2.75, 3.05) is 6.61 Å². The van der Waals surface area contributed by atoms with Gasteiger partial charge in [0.15, 0.2) is 0 Å². The summed E-state index contributed by atoms with van der Waals surface area (Å²) >= 11 is 0. The van der Waals surface area contributed by atoms with Crippen LogP contribution in [-0.2, 0) is 31.6 Å². The van der Waals surface area contributed by atoms with E-state index in [1.807, 2.05) is 0 Å². The summed E-state index contributed by atoms with van der Waals surface area (Å²) in [6.07, 6.45) is -1.89. The van der Waals surface area contributed by atoms with E-state index in [0.29, 0.717) is 10.9 Å². The van der Waals surface area contributed by atoms with Crippen molar-refractivity contribution < 1.29 is 137 Å². The van der Waals surface area contributed by atoms with Gasteiger partial charge in [-0.2, -0.15) is 0 Å². The van der Waals surface area contributed by atoms with E-state index in [-0.39, 0.29) is 87.6 Å². The monoisotopic (exact) mass is 542 g/mol. The Kier molecular flexibility index (Phi) is 16.3. The van der Waals surface area contributed by atoms with Crippen molar-refractivity contribution in [3.63, 3.8) is 0 Å². The van der Waals surface area contributed by atoms with Crippen molar-refractivity contribution in [1.29, 1.82) is 0 Å². The Hall–Kier alpha value is 0.880. The Bertz CT molecular complexity index is 1180. The number of rotatable bonds is 9. The van der Waals surface area contributed by atoms with Crippen LogP contribution in [0.2, 0.25) is 0 Å². The number of nitrogens with zero attached hydrogens (tertiary/aromatic N) is 2. The number of aromatic nitrogens is 1. The zero-order chi connectivity index (χ0) is 23.9. The van der Waals surface area contributed by atoms with Crippen molar-refractivity contribution in [3.8, 4) is 0 Å². The van der Waals surface area contributed by atoms with Gasteiger partial charge in [0.2, 0.25) is 0 Å². The van der Waals surface area contributed by atoms with Crippen molar-refractivity contribution in [2.45, 2.75) is 24.9 Å². The van der Waals surface area contributed by atoms with E-state index < -0.39 is 53.4 Å². The Morgan fingerprint density at radius 3 is 2.19 bits per heavy atom. The van der Waals surface area contributed by atoms with Gasteiger partial charge in [-0.25, -0.2) is 4.31 Å². The number of fused-ring (bicyclic) bond motifs is 1. The molecule has 1 N–H and O–H groups in total. The van der Waals surface area contributed by atoms with Crippen molar-refractivity contribution >= 4 is 40.1 Å². The van der Waals surface area contributed by atoms with Gasteiger partial charge in [-0.15, -0.1) is 0 Å². The largest absolute Gasteiger partial charge is 1.00 e. The van der Waals surface area contributed by atoms with Gasteiger partial charge >= 0.3 is 75.4 Å². The van der Waals surface area contributed by atoms with Gasteiger partial charge in [0.25, 0.3) is 21.3 Å². The number of hydrogen-bond donors (Lipinski definition) is 1. The molecule has 3 rings (SSSR count). The van der Waals surface area contributed by atoms with E-state index in [1.165, 1.54) is 29.0 Å². The van der Waals surface area contributed by atoms with Crippen LogP contribution >= 0.6 is 23.5 Å². The molecule has 1 aromatic heterocycles. The summed E-state index contributed by atoms with van der Waals surface area (Å²) < 4.78 is 50.9. The Morgan fingerprint density at radius 1 is 1.03 bits per heavy atom. The van der Waals surface area contributed by atoms with E-state index in [9.17, 15) is 48.5 Å². The number of phosphoric acid groups is 3. The molecule has 2 heterocycles. The molecule has 0 saturated carbocycles. The number of phosphoric ester groups is 1. The Balaban J connectivity index is 0. The molecular formula is C13H13Li4N2O14P3. The minimum absolute atomic E-state index is 0. The molecule has 1 aliphatic heterocycles. The minimum Gasteiger partial charge on any atom is -0.790 e. The molecule has 1 aliphatic rings. The third-order valence-electron chi connectivity index (χ3n) is 4.23. The molecule has 0 aliphatic carbocycles. The summed E-state index contributed by atoms with van der Waals surface area (Å²) in [4.78, 5) is 53.7. The van der Waals surface area contributed by atoms with E-state index >= 15 is 0 Å². The average molecular weight is 542 g/mol. The predicted octanol–water partition coefficient (Wildman–Crippen LogP) is -13.0. The maximum Gasteiger partial charge on any atom is 1.00 e. The fourth-order valence-electron chi connectivity index (χ4n) is 3.00. The SMILES string of the molecule is O=[N+]([O-])c1ccc2c(ccn2C2CC(O)C(COP(=O)([O-])OP(=O)([O-])OP(=O)([O-])[O-])O2)c1.[Li+].[Li+].[Li+].[Li+]. The number of aliphatic hydroxyl groups excluding tert-OH is 1. The Morgan fingerprint density at radius 2 is 1.64 bits per heavy atom. The first-order chi connectivity index (χ1) is 14.7. The molecule has 0 amide bonds. The summed E-state index contributed by atoms with van der Waals surface area (Å²) in [6.45, 7) is -0.921. The molecule has 36 heavy (non-hydrogen) atoms. The van der Waals surface area contributed by atoms with Gasteiger partial charge in [0.1, 0.15) is 12.3 Å². The molecule has 23 heteroatoms. The van der Waals surface area contributed by atoms with Crippen LogP contribution in [-0.4, -0.2) is 33.4 Å². The molecule has 16 nitrogen and oxygen atoms in total. The fourth-order valence-corrected chi connectivity index (χ4v) is 5.87. The second kappa shape index (κ2) is 15.0. The quantitative estimate of drug-likeness (QED) is 0.134. The Labute approximate surface area is 251 Å². The van der Waals surface area contributed by atoms with Gasteiger partial charge in [-0.1, -0.05) is 0 Å². The molecular weight excluding hydrogens is 529 g/mol. The van der Waals surface area contributed by atoms with Crippen LogP contribution in [0.15, 0.2) is 30.5 Å². The molecule has 1 saturated heterocycles. The zero-order valence-electron chi connectivity index (χ0n) is 19.5. The van der Waals surface area contributed by atoms with Crippen molar-refractivity contribution in [1.82, 2.24) is 4.57 Å². The predicted molar refractivity (Wildman–Crippen MR) is 94.1 cm³/mol. The van der Waals surface area contributed by atoms with E-state index in [2.05, 4.69) is 13.1 Å². The summed E-state index contributed by atoms with van der Waals surface area (Å²) in [6, 6.07) is 5.62.